The van der Waals surface area contributed by atoms with E-state index in [1.54, 1.807) is 0 Å². The Morgan fingerprint density at radius 1 is 1.38 bits per heavy atom. The quantitative estimate of drug-likeness (QED) is 0.833. The van der Waals surface area contributed by atoms with Gasteiger partial charge in [0.2, 0.25) is 0 Å². The molecule has 2 aromatic heterocycles. The normalized spacial score (nSPS) is 21.7. The maximum Gasteiger partial charge on any atom is 0.407 e. The molecule has 0 saturated heterocycles. The van der Waals surface area contributed by atoms with E-state index in [1.165, 1.54) is 0 Å². The third kappa shape index (κ3) is 4.06. The molecule has 3 rings (SSSR count). The number of carbonyl (C=O) groups is 1. The predicted octanol–water partition coefficient (Wildman–Crippen LogP) is 4.04. The van der Waals surface area contributed by atoms with Gasteiger partial charge in [-0.15, -0.1) is 10.2 Å². The minimum atomic E-state index is -0.477. The van der Waals surface area contributed by atoms with Gasteiger partial charge in [-0.25, -0.2) is 4.79 Å². The van der Waals surface area contributed by atoms with Crippen LogP contribution in [0.4, 0.5) is 4.79 Å². The van der Waals surface area contributed by atoms with Gasteiger partial charge in [-0.1, -0.05) is 22.4 Å². The van der Waals surface area contributed by atoms with Crippen molar-refractivity contribution in [3.63, 3.8) is 0 Å². The Kier molecular flexibility index (Phi) is 4.80. The molecule has 1 saturated carbocycles. The van der Waals surface area contributed by atoms with Crippen molar-refractivity contribution in [2.75, 3.05) is 0 Å². The predicted molar refractivity (Wildman–Crippen MR) is 95.1 cm³/mol. The molecule has 7 heteroatoms. The molecule has 130 valence electrons. The van der Waals surface area contributed by atoms with Crippen LogP contribution in [-0.4, -0.2) is 32.3 Å². The van der Waals surface area contributed by atoms with Crippen molar-refractivity contribution in [3.8, 4) is 0 Å². The number of carbonyl (C=O) groups excluding carboxylic acids is 1. The van der Waals surface area contributed by atoms with Crippen molar-refractivity contribution in [1.29, 1.82) is 0 Å². The fourth-order valence-electron chi connectivity index (χ4n) is 3.19. The minimum Gasteiger partial charge on any atom is -0.444 e. The fraction of sp³-hybridized carbons (Fsp3) is 0.588. The zero-order valence-electron chi connectivity index (χ0n) is 14.3. The van der Waals surface area contributed by atoms with E-state index in [1.807, 2.05) is 43.5 Å². The number of amides is 1. The first kappa shape index (κ1) is 17.2. The van der Waals surface area contributed by atoms with E-state index in [9.17, 15) is 4.79 Å². The average Bonchev–Trinajstić information content (AvgIpc) is 2.88. The summed E-state index contributed by atoms with van der Waals surface area (Å²) in [4.78, 5) is 12.0. The first-order chi connectivity index (χ1) is 11.3. The smallest absolute Gasteiger partial charge is 0.407 e. The molecule has 6 nitrogen and oxygen atoms in total. The summed E-state index contributed by atoms with van der Waals surface area (Å²) in [6.07, 6.45) is 5.58. The van der Waals surface area contributed by atoms with E-state index in [-0.39, 0.29) is 18.1 Å². The molecule has 2 atom stereocenters. The summed E-state index contributed by atoms with van der Waals surface area (Å²) >= 11 is 3.46. The highest BCUT2D eigenvalue weighted by molar-refractivity contribution is 9.10. The average molecular weight is 395 g/mol. The monoisotopic (exact) mass is 394 g/mol. The van der Waals surface area contributed by atoms with Crippen LogP contribution >= 0.6 is 15.9 Å². The largest absolute Gasteiger partial charge is 0.444 e. The minimum absolute atomic E-state index is 0.112. The lowest BCUT2D eigenvalue weighted by atomic mass is 9.85. The Balaban J connectivity index is 1.70. The molecule has 1 aliphatic carbocycles. The Hall–Kier alpha value is -1.63. The van der Waals surface area contributed by atoms with Crippen molar-refractivity contribution < 1.29 is 9.53 Å². The number of nitrogens with one attached hydrogen (secondary N) is 1. The summed E-state index contributed by atoms with van der Waals surface area (Å²) < 4.78 is 8.38. The highest BCUT2D eigenvalue weighted by atomic mass is 79.9. The van der Waals surface area contributed by atoms with E-state index in [0.717, 1.165) is 41.6 Å². The molecular formula is C17H23BrN4O2. The molecule has 0 radical (unpaired) electrons. The summed E-state index contributed by atoms with van der Waals surface area (Å²) in [5, 5.41) is 11.6. The van der Waals surface area contributed by atoms with Gasteiger partial charge in [0.05, 0.1) is 0 Å². The lowest BCUT2D eigenvalue weighted by molar-refractivity contribution is 0.0490. The van der Waals surface area contributed by atoms with Gasteiger partial charge < -0.3 is 10.1 Å². The maximum atomic E-state index is 12.0. The number of alkyl carbamates (subject to hydrolysis) is 1. The van der Waals surface area contributed by atoms with E-state index < -0.39 is 5.60 Å². The lowest BCUT2D eigenvalue weighted by Crippen LogP contribution is -2.41. The van der Waals surface area contributed by atoms with Crippen LogP contribution in [0, 0.1) is 0 Å². The van der Waals surface area contributed by atoms with Crippen LogP contribution in [0.25, 0.3) is 5.65 Å². The van der Waals surface area contributed by atoms with Crippen molar-refractivity contribution in [1.82, 2.24) is 19.9 Å². The number of halogens is 1. The van der Waals surface area contributed by atoms with Crippen molar-refractivity contribution in [3.05, 3.63) is 28.6 Å². The standard InChI is InChI=1S/C17H23BrN4O2/c1-17(2,3)24-16(23)19-13-6-4-5-11(9-13)15-21-20-14-10-12(18)7-8-22(14)15/h7-8,10-11,13H,4-6,9H2,1-3H3,(H,19,23)/t11?,13-/m1/s1. The molecule has 1 amide bonds. The van der Waals surface area contributed by atoms with Crippen LogP contribution in [0.5, 0.6) is 0 Å². The van der Waals surface area contributed by atoms with Crippen LogP contribution in [0.1, 0.15) is 58.2 Å². The molecule has 0 spiro atoms. The number of nitrogens with zero attached hydrogens (tertiary/aromatic N) is 3. The Bertz CT molecular complexity index is 738. The van der Waals surface area contributed by atoms with Gasteiger partial charge in [-0.05, 0) is 52.2 Å². The van der Waals surface area contributed by atoms with Crippen LogP contribution in [0.2, 0.25) is 0 Å². The highest BCUT2D eigenvalue weighted by Crippen LogP contribution is 2.32. The fourth-order valence-corrected chi connectivity index (χ4v) is 3.52. The van der Waals surface area contributed by atoms with Gasteiger partial charge in [0.25, 0.3) is 0 Å². The number of aromatic nitrogens is 3. The molecule has 0 aromatic carbocycles. The second-order valence-corrected chi connectivity index (χ2v) is 8.25. The zero-order chi connectivity index (χ0) is 17.3. The second-order valence-electron chi connectivity index (χ2n) is 7.34. The van der Waals surface area contributed by atoms with Gasteiger partial charge >= 0.3 is 6.09 Å². The summed E-state index contributed by atoms with van der Waals surface area (Å²) in [5.74, 6) is 1.25. The molecule has 1 fully saturated rings. The summed E-state index contributed by atoms with van der Waals surface area (Å²) in [5.41, 5.74) is 0.357. The molecule has 1 N–H and O–H groups in total. The first-order valence-electron chi connectivity index (χ1n) is 8.31. The molecule has 1 unspecified atom stereocenters. The topological polar surface area (TPSA) is 68.5 Å². The molecule has 0 bridgehead atoms. The van der Waals surface area contributed by atoms with Crippen LogP contribution in [0.15, 0.2) is 22.8 Å². The van der Waals surface area contributed by atoms with Gasteiger partial charge in [0, 0.05) is 22.6 Å². The number of fused-ring (bicyclic) bond motifs is 1. The number of hydrogen-bond donors (Lipinski definition) is 1. The van der Waals surface area contributed by atoms with Crippen molar-refractivity contribution in [2.45, 2.75) is 64.0 Å². The van der Waals surface area contributed by atoms with Gasteiger partial charge in [0.1, 0.15) is 11.4 Å². The molecule has 24 heavy (non-hydrogen) atoms. The SMILES string of the molecule is CC(C)(C)OC(=O)N[C@@H]1CCCC(c2nnc3cc(Br)ccn23)C1. The van der Waals surface area contributed by atoms with E-state index >= 15 is 0 Å². The van der Waals surface area contributed by atoms with Crippen LogP contribution in [0.3, 0.4) is 0 Å². The van der Waals surface area contributed by atoms with E-state index in [0.29, 0.717) is 0 Å². The van der Waals surface area contributed by atoms with E-state index in [4.69, 9.17) is 4.74 Å². The Morgan fingerprint density at radius 2 is 2.17 bits per heavy atom. The number of pyridine rings is 1. The molecule has 1 aliphatic rings. The number of rotatable bonds is 2. The lowest BCUT2D eigenvalue weighted by Gasteiger charge is -2.29. The van der Waals surface area contributed by atoms with E-state index in [2.05, 4.69) is 31.4 Å². The first-order valence-corrected chi connectivity index (χ1v) is 9.11. The van der Waals surface area contributed by atoms with Gasteiger partial charge in [-0.2, -0.15) is 0 Å². The zero-order valence-corrected chi connectivity index (χ0v) is 15.8. The van der Waals surface area contributed by atoms with Crippen LogP contribution in [-0.2, 0) is 4.74 Å². The molecule has 0 aliphatic heterocycles. The summed E-state index contributed by atoms with van der Waals surface area (Å²) in [6.45, 7) is 5.62. The summed E-state index contributed by atoms with van der Waals surface area (Å²) in [6, 6.07) is 4.05. The van der Waals surface area contributed by atoms with Crippen molar-refractivity contribution in [2.24, 2.45) is 0 Å². The third-order valence-electron chi connectivity index (χ3n) is 4.16. The van der Waals surface area contributed by atoms with Gasteiger partial charge in [-0.3, -0.25) is 4.40 Å². The highest BCUT2D eigenvalue weighted by Gasteiger charge is 2.28. The molecule has 2 heterocycles. The molecular weight excluding hydrogens is 372 g/mol. The van der Waals surface area contributed by atoms with Crippen LogP contribution < -0.4 is 5.32 Å². The Morgan fingerprint density at radius 3 is 2.92 bits per heavy atom. The summed E-state index contributed by atoms with van der Waals surface area (Å²) in [7, 11) is 0. The van der Waals surface area contributed by atoms with Gasteiger partial charge in [0.15, 0.2) is 5.65 Å². The number of hydrogen-bond acceptors (Lipinski definition) is 4. The third-order valence-corrected chi connectivity index (χ3v) is 4.65. The second kappa shape index (κ2) is 6.70. The maximum absolute atomic E-state index is 12.0. The van der Waals surface area contributed by atoms with Crippen molar-refractivity contribution >= 4 is 27.7 Å². The molecule has 2 aromatic rings. The Labute approximate surface area is 150 Å². The number of ether oxygens (including phenoxy) is 1.